The third-order valence-electron chi connectivity index (χ3n) is 2.57. The fourth-order valence-electron chi connectivity index (χ4n) is 1.62. The van der Waals surface area contributed by atoms with Crippen LogP contribution < -0.4 is 10.1 Å². The van der Waals surface area contributed by atoms with Crippen LogP contribution in [0, 0.1) is 0 Å². The van der Waals surface area contributed by atoms with Crippen molar-refractivity contribution in [3.8, 4) is 5.75 Å². The monoisotopic (exact) mass is 329 g/mol. The van der Waals surface area contributed by atoms with Crippen LogP contribution in [0.4, 0.5) is 0 Å². The van der Waals surface area contributed by atoms with Crippen LogP contribution in [-0.2, 0) is 11.3 Å². The SMILES string of the molecule is CCCOCCOc1c(Br)cccc1CNC(C)C. The third-order valence-corrected chi connectivity index (χ3v) is 3.20. The molecule has 19 heavy (non-hydrogen) atoms. The van der Waals surface area contributed by atoms with Gasteiger partial charge in [0.15, 0.2) is 0 Å². The van der Waals surface area contributed by atoms with Crippen molar-refractivity contribution in [3.63, 3.8) is 0 Å². The van der Waals surface area contributed by atoms with Gasteiger partial charge in [0.2, 0.25) is 0 Å². The summed E-state index contributed by atoms with van der Waals surface area (Å²) in [6, 6.07) is 6.57. The van der Waals surface area contributed by atoms with E-state index in [-0.39, 0.29) is 0 Å². The molecule has 1 N–H and O–H groups in total. The van der Waals surface area contributed by atoms with E-state index >= 15 is 0 Å². The standard InChI is InChI=1S/C15H24BrNO2/c1-4-8-18-9-10-19-15-13(11-17-12(2)3)6-5-7-14(15)16/h5-7,12,17H,4,8-11H2,1-3H3. The smallest absolute Gasteiger partial charge is 0.138 e. The van der Waals surface area contributed by atoms with Crippen molar-refractivity contribution < 1.29 is 9.47 Å². The lowest BCUT2D eigenvalue weighted by Crippen LogP contribution is -2.22. The third kappa shape index (κ3) is 6.41. The Morgan fingerprint density at radius 3 is 2.68 bits per heavy atom. The Balaban J connectivity index is 2.54. The average Bonchev–Trinajstić information content (AvgIpc) is 2.38. The molecule has 0 radical (unpaired) electrons. The van der Waals surface area contributed by atoms with E-state index < -0.39 is 0 Å². The molecule has 3 nitrogen and oxygen atoms in total. The average molecular weight is 330 g/mol. The number of halogens is 1. The van der Waals surface area contributed by atoms with Gasteiger partial charge < -0.3 is 14.8 Å². The summed E-state index contributed by atoms with van der Waals surface area (Å²) < 4.78 is 12.3. The molecule has 108 valence electrons. The molecule has 0 aromatic heterocycles. The molecule has 0 aliphatic carbocycles. The van der Waals surface area contributed by atoms with E-state index in [0.29, 0.717) is 19.3 Å². The number of benzene rings is 1. The van der Waals surface area contributed by atoms with Crippen molar-refractivity contribution in [2.45, 2.75) is 39.8 Å². The van der Waals surface area contributed by atoms with E-state index in [1.807, 2.05) is 12.1 Å². The van der Waals surface area contributed by atoms with Crippen molar-refractivity contribution in [1.29, 1.82) is 0 Å². The zero-order chi connectivity index (χ0) is 14.1. The highest BCUT2D eigenvalue weighted by Crippen LogP contribution is 2.29. The van der Waals surface area contributed by atoms with Crippen LogP contribution >= 0.6 is 15.9 Å². The first-order chi connectivity index (χ1) is 9.15. The quantitative estimate of drug-likeness (QED) is 0.700. The maximum absolute atomic E-state index is 5.83. The summed E-state index contributed by atoms with van der Waals surface area (Å²) in [5.41, 5.74) is 1.17. The summed E-state index contributed by atoms with van der Waals surface area (Å²) in [7, 11) is 0. The summed E-state index contributed by atoms with van der Waals surface area (Å²) in [6.45, 7) is 9.19. The Kier molecular flexibility index (Phi) is 8.10. The zero-order valence-electron chi connectivity index (χ0n) is 12.0. The molecule has 4 heteroatoms. The zero-order valence-corrected chi connectivity index (χ0v) is 13.6. The van der Waals surface area contributed by atoms with Crippen molar-refractivity contribution in [2.75, 3.05) is 19.8 Å². The molecule has 0 saturated heterocycles. The number of nitrogens with one attached hydrogen (secondary N) is 1. The predicted molar refractivity (Wildman–Crippen MR) is 82.7 cm³/mol. The van der Waals surface area contributed by atoms with Gasteiger partial charge in [0.25, 0.3) is 0 Å². The maximum atomic E-state index is 5.83. The van der Waals surface area contributed by atoms with Crippen LogP contribution in [0.5, 0.6) is 5.75 Å². The summed E-state index contributed by atoms with van der Waals surface area (Å²) in [4.78, 5) is 0. The molecule has 0 bridgehead atoms. The number of ether oxygens (including phenoxy) is 2. The minimum atomic E-state index is 0.458. The Bertz CT molecular complexity index is 369. The molecular formula is C15H24BrNO2. The van der Waals surface area contributed by atoms with E-state index in [2.05, 4.69) is 48.1 Å². The lowest BCUT2D eigenvalue weighted by atomic mass is 10.2. The second-order valence-corrected chi connectivity index (χ2v) is 5.58. The molecule has 0 amide bonds. The van der Waals surface area contributed by atoms with Gasteiger partial charge in [-0.25, -0.2) is 0 Å². The summed E-state index contributed by atoms with van der Waals surface area (Å²) in [5.74, 6) is 0.913. The van der Waals surface area contributed by atoms with Gasteiger partial charge in [-0.2, -0.15) is 0 Å². The first kappa shape index (κ1) is 16.5. The molecule has 0 aliphatic rings. The molecule has 1 aromatic carbocycles. The van der Waals surface area contributed by atoms with Crippen LogP contribution in [0.15, 0.2) is 22.7 Å². The summed E-state index contributed by atoms with van der Waals surface area (Å²) in [6.07, 6.45) is 1.04. The molecule has 0 atom stereocenters. The van der Waals surface area contributed by atoms with E-state index in [4.69, 9.17) is 9.47 Å². The van der Waals surface area contributed by atoms with Gasteiger partial charge >= 0.3 is 0 Å². The van der Waals surface area contributed by atoms with E-state index in [0.717, 1.165) is 29.8 Å². The predicted octanol–water partition coefficient (Wildman–Crippen LogP) is 3.75. The van der Waals surface area contributed by atoms with Gasteiger partial charge in [-0.1, -0.05) is 32.9 Å². The number of hydrogen-bond acceptors (Lipinski definition) is 3. The first-order valence-corrected chi connectivity index (χ1v) is 7.65. The number of hydrogen-bond donors (Lipinski definition) is 1. The van der Waals surface area contributed by atoms with Gasteiger partial charge in [-0.3, -0.25) is 0 Å². The Morgan fingerprint density at radius 1 is 1.21 bits per heavy atom. The van der Waals surface area contributed by atoms with Gasteiger partial charge in [0.05, 0.1) is 11.1 Å². The molecule has 0 fully saturated rings. The lowest BCUT2D eigenvalue weighted by Gasteiger charge is -2.15. The van der Waals surface area contributed by atoms with Crippen LogP contribution in [0.2, 0.25) is 0 Å². The molecule has 0 aliphatic heterocycles. The van der Waals surface area contributed by atoms with Crippen molar-refractivity contribution >= 4 is 15.9 Å². The molecule has 0 heterocycles. The molecule has 1 aromatic rings. The van der Waals surface area contributed by atoms with Gasteiger partial charge in [0.1, 0.15) is 12.4 Å². The highest BCUT2D eigenvalue weighted by molar-refractivity contribution is 9.10. The van der Waals surface area contributed by atoms with Gasteiger partial charge in [-0.05, 0) is 28.4 Å². The van der Waals surface area contributed by atoms with E-state index in [1.165, 1.54) is 5.56 Å². The second-order valence-electron chi connectivity index (χ2n) is 4.72. The minimum absolute atomic E-state index is 0.458. The molecule has 0 unspecified atom stereocenters. The van der Waals surface area contributed by atoms with E-state index in [1.54, 1.807) is 0 Å². The lowest BCUT2D eigenvalue weighted by molar-refractivity contribution is 0.0999. The Labute approximate surface area is 124 Å². The Hall–Kier alpha value is -0.580. The molecule has 1 rings (SSSR count). The molecule has 0 saturated carbocycles. The molecule has 0 spiro atoms. The fraction of sp³-hybridized carbons (Fsp3) is 0.600. The van der Waals surface area contributed by atoms with Crippen molar-refractivity contribution in [1.82, 2.24) is 5.32 Å². The van der Waals surface area contributed by atoms with Crippen LogP contribution in [0.3, 0.4) is 0 Å². The maximum Gasteiger partial charge on any atom is 0.138 e. The van der Waals surface area contributed by atoms with Crippen LogP contribution in [0.1, 0.15) is 32.8 Å². The highest BCUT2D eigenvalue weighted by atomic mass is 79.9. The van der Waals surface area contributed by atoms with Crippen LogP contribution in [-0.4, -0.2) is 25.9 Å². The van der Waals surface area contributed by atoms with Gasteiger partial charge in [-0.15, -0.1) is 0 Å². The number of para-hydroxylation sites is 1. The van der Waals surface area contributed by atoms with Crippen molar-refractivity contribution in [3.05, 3.63) is 28.2 Å². The Morgan fingerprint density at radius 2 is 2.00 bits per heavy atom. The van der Waals surface area contributed by atoms with Gasteiger partial charge in [0, 0.05) is 24.8 Å². The van der Waals surface area contributed by atoms with Crippen molar-refractivity contribution in [2.24, 2.45) is 0 Å². The minimum Gasteiger partial charge on any atom is -0.490 e. The van der Waals surface area contributed by atoms with Crippen LogP contribution in [0.25, 0.3) is 0 Å². The summed E-state index contributed by atoms with van der Waals surface area (Å²) in [5, 5.41) is 3.41. The number of rotatable bonds is 9. The highest BCUT2D eigenvalue weighted by Gasteiger charge is 2.08. The normalized spacial score (nSPS) is 11.0. The van der Waals surface area contributed by atoms with E-state index in [9.17, 15) is 0 Å². The molecular weight excluding hydrogens is 306 g/mol. The first-order valence-electron chi connectivity index (χ1n) is 6.86. The largest absolute Gasteiger partial charge is 0.490 e. The second kappa shape index (κ2) is 9.34. The fourth-order valence-corrected chi connectivity index (χ4v) is 2.14. The topological polar surface area (TPSA) is 30.5 Å². The summed E-state index contributed by atoms with van der Waals surface area (Å²) >= 11 is 3.54.